The highest BCUT2D eigenvalue weighted by atomic mass is 32.2. The van der Waals surface area contributed by atoms with E-state index >= 15 is 0 Å². The van der Waals surface area contributed by atoms with Crippen LogP contribution in [0.4, 0.5) is 8.78 Å². The van der Waals surface area contributed by atoms with E-state index < -0.39 is 27.4 Å². The predicted octanol–water partition coefficient (Wildman–Crippen LogP) is 3.15. The summed E-state index contributed by atoms with van der Waals surface area (Å²) in [4.78, 5) is 0.500. The highest BCUT2D eigenvalue weighted by Gasteiger charge is 2.15. The molecular weight excluding hydrogens is 393 g/mol. The zero-order valence-electron chi connectivity index (χ0n) is 14.7. The van der Waals surface area contributed by atoms with Crippen LogP contribution in [0.2, 0.25) is 0 Å². The minimum absolute atomic E-state index is 0.0574. The van der Waals surface area contributed by atoms with E-state index in [4.69, 9.17) is 4.74 Å². The van der Waals surface area contributed by atoms with Gasteiger partial charge in [-0.25, -0.2) is 21.9 Å². The maximum absolute atomic E-state index is 14.0. The van der Waals surface area contributed by atoms with Crippen LogP contribution in [0.3, 0.4) is 0 Å². The number of rotatable bonds is 10. The van der Waals surface area contributed by atoms with Crippen molar-refractivity contribution < 1.29 is 21.9 Å². The van der Waals surface area contributed by atoms with Gasteiger partial charge in [-0.15, -0.1) is 11.8 Å². The molecule has 0 amide bonds. The average molecular weight is 413 g/mol. The van der Waals surface area contributed by atoms with E-state index in [-0.39, 0.29) is 18.0 Å². The van der Waals surface area contributed by atoms with Crippen molar-refractivity contribution in [2.75, 3.05) is 26.0 Å². The Morgan fingerprint density at radius 1 is 1.19 bits per heavy atom. The fraction of sp³-hybridized carbons (Fsp3) is 0.222. The smallest absolute Gasteiger partial charge is 0.240 e. The van der Waals surface area contributed by atoms with Gasteiger partial charge in [-0.2, -0.15) is 0 Å². The third-order valence-electron chi connectivity index (χ3n) is 3.43. The fourth-order valence-corrected chi connectivity index (χ4v) is 4.01. The molecule has 2 aromatic carbocycles. The number of hydrogen-bond donors (Lipinski definition) is 2. The van der Waals surface area contributed by atoms with Gasteiger partial charge >= 0.3 is 0 Å². The highest BCUT2D eigenvalue weighted by molar-refractivity contribution is 7.99. The molecule has 0 spiro atoms. The van der Waals surface area contributed by atoms with Crippen LogP contribution in [-0.2, 0) is 10.0 Å². The lowest BCUT2D eigenvalue weighted by Gasteiger charge is -2.11. The normalized spacial score (nSPS) is 11.2. The van der Waals surface area contributed by atoms with E-state index in [1.54, 1.807) is 25.2 Å². The van der Waals surface area contributed by atoms with E-state index in [0.29, 0.717) is 16.3 Å². The Hall–Kier alpha value is -2.10. The van der Waals surface area contributed by atoms with Crippen LogP contribution >= 0.6 is 11.8 Å². The molecule has 0 aliphatic carbocycles. The Morgan fingerprint density at radius 3 is 2.41 bits per heavy atom. The summed E-state index contributed by atoms with van der Waals surface area (Å²) in [5, 5.41) is 2.72. The average Bonchev–Trinajstić information content (AvgIpc) is 2.65. The molecule has 0 saturated carbocycles. The Bertz CT molecular complexity index is 868. The molecule has 2 N–H and O–H groups in total. The molecule has 0 heterocycles. The molecule has 0 fully saturated rings. The van der Waals surface area contributed by atoms with E-state index in [2.05, 4.69) is 16.6 Å². The number of hydrogen-bond acceptors (Lipinski definition) is 5. The van der Waals surface area contributed by atoms with Crippen LogP contribution in [0, 0.1) is 11.6 Å². The van der Waals surface area contributed by atoms with Crippen molar-refractivity contribution in [3.8, 4) is 5.75 Å². The molecule has 0 saturated heterocycles. The van der Waals surface area contributed by atoms with Crippen molar-refractivity contribution >= 4 is 21.8 Å². The molecule has 5 nitrogen and oxygen atoms in total. The molecule has 0 bridgehead atoms. The van der Waals surface area contributed by atoms with Crippen molar-refractivity contribution in [2.24, 2.45) is 0 Å². The molecule has 2 aromatic rings. The van der Waals surface area contributed by atoms with Crippen molar-refractivity contribution in [3.05, 3.63) is 66.4 Å². The van der Waals surface area contributed by atoms with Gasteiger partial charge in [0.15, 0.2) is 17.4 Å². The van der Waals surface area contributed by atoms with Gasteiger partial charge in [0.05, 0.1) is 4.90 Å². The molecule has 0 atom stereocenters. The first kappa shape index (κ1) is 21.2. The standard InChI is InChI=1S/C18H20F2N2O3S2/c1-13(21-2)12-25-18-16(19)10-14(11-17(18)20)26-9-8-22-27(23,24)15-6-4-3-5-7-15/h3-7,10-11,21-22H,1,8-9,12H2,2H3/i2-1. The quantitative estimate of drug-likeness (QED) is 0.463. The van der Waals surface area contributed by atoms with Gasteiger partial charge in [0.1, 0.15) is 6.61 Å². The molecule has 0 radical (unpaired) electrons. The summed E-state index contributed by atoms with van der Waals surface area (Å²) in [5.74, 6) is -1.82. The Kier molecular flexibility index (Phi) is 7.64. The number of sulfonamides is 1. The SMILES string of the molecule is C=C(COc1c(F)cc(SCCNS(=O)(=O)c2ccccc2)cc1F)N[11CH3]. The second-order valence-electron chi connectivity index (χ2n) is 5.42. The zero-order chi connectivity index (χ0) is 19.9. The van der Waals surface area contributed by atoms with Gasteiger partial charge in [0, 0.05) is 29.9 Å². The van der Waals surface area contributed by atoms with Gasteiger partial charge < -0.3 is 10.1 Å². The number of ether oxygens (including phenoxy) is 1. The number of halogens is 2. The van der Waals surface area contributed by atoms with Crippen LogP contribution < -0.4 is 14.8 Å². The topological polar surface area (TPSA) is 67.4 Å². The molecule has 0 aliphatic heterocycles. The van der Waals surface area contributed by atoms with Crippen molar-refractivity contribution in [3.63, 3.8) is 0 Å². The van der Waals surface area contributed by atoms with Gasteiger partial charge in [-0.3, -0.25) is 0 Å². The van der Waals surface area contributed by atoms with Gasteiger partial charge in [0.25, 0.3) is 0 Å². The first-order chi connectivity index (χ1) is 12.8. The number of nitrogens with one attached hydrogen (secondary N) is 2. The monoisotopic (exact) mass is 413 g/mol. The lowest BCUT2D eigenvalue weighted by Crippen LogP contribution is -2.25. The highest BCUT2D eigenvalue weighted by Crippen LogP contribution is 2.28. The summed E-state index contributed by atoms with van der Waals surface area (Å²) >= 11 is 1.13. The zero-order valence-corrected chi connectivity index (χ0v) is 16.3. The minimum Gasteiger partial charge on any atom is -0.481 e. The predicted molar refractivity (Wildman–Crippen MR) is 102 cm³/mol. The number of likely N-dealkylation sites (N-methyl/N-ethyl adjacent to an activating group) is 1. The molecular formula is C18H20F2N2O3S2. The van der Waals surface area contributed by atoms with E-state index in [1.165, 1.54) is 12.1 Å². The summed E-state index contributed by atoms with van der Waals surface area (Å²) in [7, 11) is -1.97. The number of thioether (sulfide) groups is 1. The Morgan fingerprint density at radius 2 is 1.81 bits per heavy atom. The lowest BCUT2D eigenvalue weighted by atomic mass is 10.3. The van der Waals surface area contributed by atoms with Gasteiger partial charge in [-0.05, 0) is 24.3 Å². The van der Waals surface area contributed by atoms with Crippen LogP contribution in [0.15, 0.2) is 64.5 Å². The van der Waals surface area contributed by atoms with Crippen molar-refractivity contribution in [2.45, 2.75) is 9.79 Å². The molecule has 0 aliphatic rings. The van der Waals surface area contributed by atoms with Crippen LogP contribution in [0.25, 0.3) is 0 Å². The summed E-state index contributed by atoms with van der Waals surface area (Å²) < 4.78 is 59.8. The van der Waals surface area contributed by atoms with Gasteiger partial charge in [-0.1, -0.05) is 24.8 Å². The minimum atomic E-state index is -3.60. The van der Waals surface area contributed by atoms with E-state index in [9.17, 15) is 17.2 Å². The molecule has 27 heavy (non-hydrogen) atoms. The second-order valence-corrected chi connectivity index (χ2v) is 8.35. The molecule has 146 valence electrons. The lowest BCUT2D eigenvalue weighted by molar-refractivity contribution is 0.306. The molecule has 0 aromatic heterocycles. The fourth-order valence-electron chi connectivity index (χ4n) is 2.02. The first-order valence-electron chi connectivity index (χ1n) is 7.98. The van der Waals surface area contributed by atoms with Crippen molar-refractivity contribution in [1.29, 1.82) is 0 Å². The molecule has 2 rings (SSSR count). The summed E-state index contributed by atoms with van der Waals surface area (Å²) in [6, 6.07) is 10.3. The summed E-state index contributed by atoms with van der Waals surface area (Å²) in [6.07, 6.45) is 0. The van der Waals surface area contributed by atoms with Crippen LogP contribution in [0.1, 0.15) is 0 Å². The maximum Gasteiger partial charge on any atom is 0.240 e. The Balaban J connectivity index is 1.90. The molecule has 0 unspecified atom stereocenters. The third-order valence-corrected chi connectivity index (χ3v) is 5.89. The van der Waals surface area contributed by atoms with E-state index in [1.807, 2.05) is 0 Å². The van der Waals surface area contributed by atoms with Gasteiger partial charge in [0.2, 0.25) is 10.0 Å². The molecule has 9 heteroatoms. The van der Waals surface area contributed by atoms with Crippen LogP contribution in [0.5, 0.6) is 5.75 Å². The van der Waals surface area contributed by atoms with E-state index in [0.717, 1.165) is 23.9 Å². The Labute approximate surface area is 161 Å². The first-order valence-corrected chi connectivity index (χ1v) is 10.4. The third kappa shape index (κ3) is 6.23. The van der Waals surface area contributed by atoms with Crippen molar-refractivity contribution in [1.82, 2.24) is 10.0 Å². The number of benzene rings is 2. The van der Waals surface area contributed by atoms with Crippen LogP contribution in [-0.4, -0.2) is 34.4 Å². The maximum atomic E-state index is 14.0. The second kappa shape index (κ2) is 9.72. The summed E-state index contributed by atoms with van der Waals surface area (Å²) in [5.41, 5.74) is 0.484. The largest absolute Gasteiger partial charge is 0.481 e. The summed E-state index contributed by atoms with van der Waals surface area (Å²) in [6.45, 7) is 3.67.